The van der Waals surface area contributed by atoms with Crippen molar-refractivity contribution in [3.8, 4) is 0 Å². The van der Waals surface area contributed by atoms with Gasteiger partial charge in [-0.2, -0.15) is 0 Å². The van der Waals surface area contributed by atoms with E-state index in [1.165, 1.54) is 17.5 Å². The maximum atomic E-state index is 12.9. The Kier molecular flexibility index (Phi) is 5.16. The summed E-state index contributed by atoms with van der Waals surface area (Å²) in [5, 5.41) is 0. The van der Waals surface area contributed by atoms with Crippen LogP contribution in [0.4, 0.5) is 0 Å². The van der Waals surface area contributed by atoms with E-state index in [-0.39, 0.29) is 15.8 Å². The molecule has 1 aromatic heterocycles. The average Bonchev–Trinajstić information content (AvgIpc) is 3.25. The van der Waals surface area contributed by atoms with Gasteiger partial charge < -0.3 is 0 Å². The molecule has 1 N–H and O–H groups in total. The van der Waals surface area contributed by atoms with Crippen LogP contribution in [0.3, 0.4) is 0 Å². The van der Waals surface area contributed by atoms with E-state index in [4.69, 9.17) is 0 Å². The van der Waals surface area contributed by atoms with Gasteiger partial charge in [0, 0.05) is 12.6 Å². The standard InChI is InChI=1S/C21H24N2O3S2/c1-3-11-23-19-10-9-18(13-20(19)27-21(23)24)28(25,26)22-14(2)16-8-7-15-5-4-6-17(15)12-16/h7-10,12-14,22H,3-6,11H2,1-2H3. The van der Waals surface area contributed by atoms with Crippen molar-refractivity contribution >= 4 is 31.6 Å². The number of benzene rings is 2. The number of nitrogens with zero attached hydrogens (tertiary/aromatic N) is 1. The summed E-state index contributed by atoms with van der Waals surface area (Å²) in [5.74, 6) is 0. The summed E-state index contributed by atoms with van der Waals surface area (Å²) in [5.41, 5.74) is 4.47. The highest BCUT2D eigenvalue weighted by molar-refractivity contribution is 7.89. The van der Waals surface area contributed by atoms with Gasteiger partial charge in [0.1, 0.15) is 0 Å². The Morgan fingerprint density at radius 1 is 1.14 bits per heavy atom. The SMILES string of the molecule is CCCn1c(=O)sc2cc(S(=O)(=O)NC(C)c3ccc4c(c3)CCC4)ccc21. The fourth-order valence-electron chi connectivity index (χ4n) is 3.88. The highest BCUT2D eigenvalue weighted by Gasteiger charge is 2.21. The van der Waals surface area contributed by atoms with Crippen molar-refractivity contribution in [1.29, 1.82) is 0 Å². The van der Waals surface area contributed by atoms with Crippen LogP contribution in [0, 0.1) is 0 Å². The Morgan fingerprint density at radius 2 is 1.93 bits per heavy atom. The molecule has 28 heavy (non-hydrogen) atoms. The van der Waals surface area contributed by atoms with Crippen molar-refractivity contribution in [2.75, 3.05) is 0 Å². The summed E-state index contributed by atoms with van der Waals surface area (Å²) in [6.45, 7) is 4.51. The van der Waals surface area contributed by atoms with Gasteiger partial charge in [0.2, 0.25) is 10.0 Å². The summed E-state index contributed by atoms with van der Waals surface area (Å²) in [6.07, 6.45) is 4.19. The van der Waals surface area contributed by atoms with Crippen LogP contribution in [0.25, 0.3) is 10.2 Å². The third-order valence-electron chi connectivity index (χ3n) is 5.35. The summed E-state index contributed by atoms with van der Waals surface area (Å²) < 4.78 is 31.0. The normalized spacial score (nSPS) is 15.1. The first-order chi connectivity index (χ1) is 13.4. The first-order valence-corrected chi connectivity index (χ1v) is 12.0. The molecule has 1 aliphatic rings. The van der Waals surface area contributed by atoms with Crippen LogP contribution in [0.5, 0.6) is 0 Å². The second-order valence-electron chi connectivity index (χ2n) is 7.37. The summed E-state index contributed by atoms with van der Waals surface area (Å²) >= 11 is 1.09. The predicted molar refractivity (Wildman–Crippen MR) is 114 cm³/mol. The summed E-state index contributed by atoms with van der Waals surface area (Å²) in [6, 6.07) is 10.8. The summed E-state index contributed by atoms with van der Waals surface area (Å²) in [7, 11) is -3.68. The minimum atomic E-state index is -3.68. The molecule has 0 fully saturated rings. The van der Waals surface area contributed by atoms with Crippen LogP contribution in [0.2, 0.25) is 0 Å². The maximum absolute atomic E-state index is 12.9. The molecule has 2 aromatic carbocycles. The van der Waals surface area contributed by atoms with E-state index in [0.717, 1.165) is 41.7 Å². The van der Waals surface area contributed by atoms with Crippen molar-refractivity contribution in [2.45, 2.75) is 57.0 Å². The van der Waals surface area contributed by atoms with Gasteiger partial charge in [-0.25, -0.2) is 13.1 Å². The van der Waals surface area contributed by atoms with Crippen LogP contribution in [0.1, 0.15) is 49.4 Å². The average molecular weight is 417 g/mol. The number of hydrogen-bond acceptors (Lipinski definition) is 4. The van der Waals surface area contributed by atoms with Gasteiger partial charge in [-0.1, -0.05) is 36.5 Å². The van der Waals surface area contributed by atoms with Crippen molar-refractivity contribution in [1.82, 2.24) is 9.29 Å². The van der Waals surface area contributed by atoms with E-state index in [1.807, 2.05) is 19.9 Å². The molecule has 4 rings (SSSR count). The Bertz CT molecular complexity index is 1190. The number of thiazole rings is 1. The molecule has 148 valence electrons. The van der Waals surface area contributed by atoms with Crippen molar-refractivity contribution in [2.24, 2.45) is 0 Å². The van der Waals surface area contributed by atoms with Gasteiger partial charge in [-0.15, -0.1) is 0 Å². The molecule has 7 heteroatoms. The Morgan fingerprint density at radius 3 is 2.71 bits per heavy atom. The number of rotatable bonds is 6. The number of aromatic nitrogens is 1. The van der Waals surface area contributed by atoms with E-state index < -0.39 is 10.0 Å². The smallest absolute Gasteiger partial charge is 0.299 e. The largest absolute Gasteiger partial charge is 0.308 e. The molecule has 0 aliphatic heterocycles. The number of hydrogen-bond donors (Lipinski definition) is 1. The third kappa shape index (κ3) is 3.54. The van der Waals surface area contributed by atoms with E-state index in [9.17, 15) is 13.2 Å². The first-order valence-electron chi connectivity index (χ1n) is 9.66. The molecule has 1 aliphatic carbocycles. The van der Waals surface area contributed by atoms with E-state index >= 15 is 0 Å². The fourth-order valence-corrected chi connectivity index (χ4v) is 6.17. The zero-order valence-corrected chi connectivity index (χ0v) is 17.7. The van der Waals surface area contributed by atoms with Gasteiger partial charge in [-0.05, 0) is 67.5 Å². The van der Waals surface area contributed by atoms with E-state index in [2.05, 4.69) is 16.9 Å². The maximum Gasteiger partial charge on any atom is 0.308 e. The zero-order chi connectivity index (χ0) is 19.9. The molecule has 1 unspecified atom stereocenters. The monoisotopic (exact) mass is 416 g/mol. The molecule has 3 aromatic rings. The topological polar surface area (TPSA) is 68.2 Å². The first kappa shape index (κ1) is 19.4. The number of sulfonamides is 1. The fraction of sp³-hybridized carbons (Fsp3) is 0.381. The minimum Gasteiger partial charge on any atom is -0.299 e. The highest BCUT2D eigenvalue weighted by atomic mass is 32.2. The highest BCUT2D eigenvalue weighted by Crippen LogP contribution is 2.27. The molecular formula is C21H24N2O3S2. The molecule has 0 saturated heterocycles. The lowest BCUT2D eigenvalue weighted by Gasteiger charge is -2.16. The molecule has 0 radical (unpaired) electrons. The Hall–Kier alpha value is -1.96. The van der Waals surface area contributed by atoms with Crippen molar-refractivity contribution in [3.05, 3.63) is 62.8 Å². The van der Waals surface area contributed by atoms with Gasteiger partial charge >= 0.3 is 4.87 Å². The molecule has 1 atom stereocenters. The van der Waals surface area contributed by atoms with Crippen molar-refractivity contribution in [3.63, 3.8) is 0 Å². The molecule has 0 bridgehead atoms. The lowest BCUT2D eigenvalue weighted by atomic mass is 10.0. The lowest BCUT2D eigenvalue weighted by Crippen LogP contribution is -2.27. The molecule has 0 spiro atoms. The Balaban J connectivity index is 1.62. The van der Waals surface area contributed by atoms with Gasteiger partial charge in [0.05, 0.1) is 15.1 Å². The van der Waals surface area contributed by atoms with Gasteiger partial charge in [0.15, 0.2) is 0 Å². The van der Waals surface area contributed by atoms with E-state index in [1.54, 1.807) is 22.8 Å². The van der Waals surface area contributed by atoms with Crippen LogP contribution in [0.15, 0.2) is 46.1 Å². The quantitative estimate of drug-likeness (QED) is 0.660. The molecule has 0 saturated carbocycles. The molecule has 1 heterocycles. The zero-order valence-electron chi connectivity index (χ0n) is 16.1. The van der Waals surface area contributed by atoms with Crippen LogP contribution in [-0.2, 0) is 29.4 Å². The second kappa shape index (κ2) is 7.46. The van der Waals surface area contributed by atoms with Crippen LogP contribution in [-0.4, -0.2) is 13.0 Å². The minimum absolute atomic E-state index is 0.0501. The molecule has 5 nitrogen and oxygen atoms in total. The van der Waals surface area contributed by atoms with Crippen molar-refractivity contribution < 1.29 is 8.42 Å². The summed E-state index contributed by atoms with van der Waals surface area (Å²) in [4.78, 5) is 12.3. The van der Waals surface area contributed by atoms with Crippen LogP contribution >= 0.6 is 11.3 Å². The second-order valence-corrected chi connectivity index (χ2v) is 10.1. The number of nitrogens with one attached hydrogen (secondary N) is 1. The molecular weight excluding hydrogens is 392 g/mol. The van der Waals surface area contributed by atoms with E-state index in [0.29, 0.717) is 11.2 Å². The predicted octanol–water partition coefficient (Wildman–Crippen LogP) is 4.00. The number of fused-ring (bicyclic) bond motifs is 2. The Labute approximate surface area is 169 Å². The molecule has 0 amide bonds. The third-order valence-corrected chi connectivity index (χ3v) is 7.83. The number of aryl methyl sites for hydroxylation is 3. The van der Waals surface area contributed by atoms with Crippen LogP contribution < -0.4 is 9.60 Å². The lowest BCUT2D eigenvalue weighted by molar-refractivity contribution is 0.567. The van der Waals surface area contributed by atoms with Gasteiger partial charge in [-0.3, -0.25) is 9.36 Å². The van der Waals surface area contributed by atoms with Gasteiger partial charge in [0.25, 0.3) is 0 Å².